The maximum atomic E-state index is 13.0. The average Bonchev–Trinajstić information content (AvgIpc) is 3.19. The van der Waals surface area contributed by atoms with Crippen molar-refractivity contribution in [3.8, 4) is 10.8 Å². The lowest BCUT2D eigenvalue weighted by molar-refractivity contribution is -0.138. The van der Waals surface area contributed by atoms with Crippen LogP contribution in [0, 0.1) is 13.8 Å². The SMILES string of the molecule is Cc1ccc(-c2nc(C)c(C(=O)N3CCOC(CN(C)CC(=O)O)C3)s2)o1. The topological polar surface area (TPSA) is 96.1 Å². The highest BCUT2D eigenvalue weighted by molar-refractivity contribution is 7.17. The number of hydrogen-bond donors (Lipinski definition) is 1. The van der Waals surface area contributed by atoms with Gasteiger partial charge in [-0.05, 0) is 33.0 Å². The maximum Gasteiger partial charge on any atom is 0.317 e. The summed E-state index contributed by atoms with van der Waals surface area (Å²) in [5.41, 5.74) is 0.681. The Kier molecular flexibility index (Phi) is 5.93. The molecule has 2 aromatic rings. The van der Waals surface area contributed by atoms with E-state index in [0.29, 0.717) is 47.6 Å². The molecule has 2 aromatic heterocycles. The lowest BCUT2D eigenvalue weighted by Crippen LogP contribution is -2.49. The van der Waals surface area contributed by atoms with Crippen LogP contribution in [-0.2, 0) is 9.53 Å². The van der Waals surface area contributed by atoms with Gasteiger partial charge in [-0.25, -0.2) is 4.98 Å². The van der Waals surface area contributed by atoms with E-state index in [1.807, 2.05) is 26.0 Å². The Bertz CT molecular complexity index is 831. The monoisotopic (exact) mass is 393 g/mol. The number of morpholine rings is 1. The average molecular weight is 393 g/mol. The van der Waals surface area contributed by atoms with Crippen LogP contribution in [0.2, 0.25) is 0 Å². The van der Waals surface area contributed by atoms with Crippen LogP contribution in [0.4, 0.5) is 0 Å². The van der Waals surface area contributed by atoms with Crippen LogP contribution in [0.1, 0.15) is 21.1 Å². The molecule has 9 heteroatoms. The Morgan fingerprint density at radius 3 is 2.85 bits per heavy atom. The number of amides is 1. The Hall–Kier alpha value is -2.23. The third-order valence-electron chi connectivity index (χ3n) is 4.29. The van der Waals surface area contributed by atoms with Crippen LogP contribution >= 0.6 is 11.3 Å². The summed E-state index contributed by atoms with van der Waals surface area (Å²) >= 11 is 1.33. The Balaban J connectivity index is 1.68. The molecule has 0 bridgehead atoms. The molecule has 3 heterocycles. The normalized spacial score (nSPS) is 17.5. The Labute approximate surface area is 161 Å². The highest BCUT2D eigenvalue weighted by Gasteiger charge is 2.29. The highest BCUT2D eigenvalue weighted by Crippen LogP contribution is 2.30. The standard InChI is InChI=1S/C18H23N3O5S/c1-11-4-5-14(26-11)17-19-12(2)16(27-17)18(24)21-6-7-25-13(9-21)8-20(3)10-15(22)23/h4-5,13H,6-10H2,1-3H3,(H,22,23). The largest absolute Gasteiger partial charge is 0.480 e. The number of aryl methyl sites for hydroxylation is 2. The molecule has 8 nitrogen and oxygen atoms in total. The fourth-order valence-electron chi connectivity index (χ4n) is 3.05. The smallest absolute Gasteiger partial charge is 0.317 e. The third-order valence-corrected chi connectivity index (χ3v) is 5.45. The molecule has 0 radical (unpaired) electrons. The summed E-state index contributed by atoms with van der Waals surface area (Å²) in [5.74, 6) is 0.498. The number of carbonyl (C=O) groups excluding carboxylic acids is 1. The number of likely N-dealkylation sites (N-methyl/N-ethyl adjacent to an activating group) is 1. The molecule has 3 rings (SSSR count). The van der Waals surface area contributed by atoms with Gasteiger partial charge < -0.3 is 19.2 Å². The van der Waals surface area contributed by atoms with E-state index in [0.717, 1.165) is 5.76 Å². The first-order chi connectivity index (χ1) is 12.8. The van der Waals surface area contributed by atoms with E-state index in [-0.39, 0.29) is 18.6 Å². The zero-order valence-corrected chi connectivity index (χ0v) is 16.4. The van der Waals surface area contributed by atoms with Crippen molar-refractivity contribution >= 4 is 23.2 Å². The third kappa shape index (κ3) is 4.74. The fourth-order valence-corrected chi connectivity index (χ4v) is 4.05. The van der Waals surface area contributed by atoms with Gasteiger partial charge in [0.05, 0.1) is 24.9 Å². The van der Waals surface area contributed by atoms with Gasteiger partial charge in [-0.2, -0.15) is 0 Å². The first kappa shape index (κ1) is 19.5. The fraction of sp³-hybridized carbons (Fsp3) is 0.500. The van der Waals surface area contributed by atoms with Crippen molar-refractivity contribution in [3.05, 3.63) is 28.5 Å². The van der Waals surface area contributed by atoms with E-state index >= 15 is 0 Å². The molecule has 0 aliphatic carbocycles. The molecule has 1 aliphatic heterocycles. The quantitative estimate of drug-likeness (QED) is 0.800. The van der Waals surface area contributed by atoms with Gasteiger partial charge in [-0.3, -0.25) is 14.5 Å². The van der Waals surface area contributed by atoms with Crippen LogP contribution in [0.5, 0.6) is 0 Å². The van der Waals surface area contributed by atoms with Gasteiger partial charge in [0.15, 0.2) is 10.8 Å². The summed E-state index contributed by atoms with van der Waals surface area (Å²) < 4.78 is 11.3. The number of carboxylic acid groups (broad SMARTS) is 1. The Morgan fingerprint density at radius 1 is 1.41 bits per heavy atom. The van der Waals surface area contributed by atoms with Gasteiger partial charge in [0, 0.05) is 19.6 Å². The zero-order valence-electron chi connectivity index (χ0n) is 15.6. The molecule has 0 spiro atoms. The van der Waals surface area contributed by atoms with E-state index in [4.69, 9.17) is 14.3 Å². The van der Waals surface area contributed by atoms with Crippen LogP contribution < -0.4 is 0 Å². The lowest BCUT2D eigenvalue weighted by Gasteiger charge is -2.34. The second-order valence-corrected chi connectivity index (χ2v) is 7.68. The molecule has 1 amide bonds. The van der Waals surface area contributed by atoms with Crippen molar-refractivity contribution in [2.75, 3.05) is 39.8 Å². The molecular formula is C18H23N3O5S. The second kappa shape index (κ2) is 8.20. The number of carbonyl (C=O) groups is 2. The minimum atomic E-state index is -0.887. The molecule has 0 aromatic carbocycles. The minimum Gasteiger partial charge on any atom is -0.480 e. The number of rotatable bonds is 6. The number of furan rings is 1. The van der Waals surface area contributed by atoms with E-state index in [9.17, 15) is 9.59 Å². The van der Waals surface area contributed by atoms with Crippen molar-refractivity contribution in [3.63, 3.8) is 0 Å². The molecule has 27 heavy (non-hydrogen) atoms. The van der Waals surface area contributed by atoms with Gasteiger partial charge >= 0.3 is 5.97 Å². The number of nitrogens with zero attached hydrogens (tertiary/aromatic N) is 3. The highest BCUT2D eigenvalue weighted by atomic mass is 32.1. The predicted octanol–water partition coefficient (Wildman–Crippen LogP) is 1.88. The van der Waals surface area contributed by atoms with E-state index in [1.54, 1.807) is 16.8 Å². The van der Waals surface area contributed by atoms with Gasteiger partial charge in [0.25, 0.3) is 5.91 Å². The minimum absolute atomic E-state index is 0.0618. The number of ether oxygens (including phenoxy) is 1. The van der Waals surface area contributed by atoms with Crippen LogP contribution in [-0.4, -0.2) is 77.7 Å². The van der Waals surface area contributed by atoms with Gasteiger partial charge in [-0.15, -0.1) is 11.3 Å². The van der Waals surface area contributed by atoms with Gasteiger partial charge in [-0.1, -0.05) is 0 Å². The molecule has 1 atom stereocenters. The number of carboxylic acids is 1. The number of aromatic nitrogens is 1. The molecule has 1 saturated heterocycles. The van der Waals surface area contributed by atoms with Crippen molar-refractivity contribution in [2.45, 2.75) is 20.0 Å². The number of thiazole rings is 1. The first-order valence-electron chi connectivity index (χ1n) is 8.69. The molecule has 1 N–H and O–H groups in total. The van der Waals surface area contributed by atoms with Gasteiger partial charge in [0.2, 0.25) is 0 Å². The first-order valence-corrected chi connectivity index (χ1v) is 9.50. The summed E-state index contributed by atoms with van der Waals surface area (Å²) in [7, 11) is 1.73. The maximum absolute atomic E-state index is 13.0. The van der Waals surface area contributed by atoms with Crippen LogP contribution in [0.3, 0.4) is 0 Å². The van der Waals surface area contributed by atoms with E-state index in [2.05, 4.69) is 4.98 Å². The van der Waals surface area contributed by atoms with Crippen molar-refractivity contribution < 1.29 is 23.8 Å². The molecule has 1 fully saturated rings. The van der Waals surface area contributed by atoms with E-state index in [1.165, 1.54) is 11.3 Å². The summed E-state index contributed by atoms with van der Waals surface area (Å²) in [4.78, 5) is 32.3. The molecule has 1 unspecified atom stereocenters. The van der Waals surface area contributed by atoms with Crippen molar-refractivity contribution in [1.82, 2.24) is 14.8 Å². The Morgan fingerprint density at radius 2 is 2.19 bits per heavy atom. The zero-order chi connectivity index (χ0) is 19.6. The van der Waals surface area contributed by atoms with Crippen LogP contribution in [0.15, 0.2) is 16.5 Å². The summed E-state index contributed by atoms with van der Waals surface area (Å²) in [6.07, 6.45) is -0.215. The molecule has 0 saturated carbocycles. The van der Waals surface area contributed by atoms with Crippen molar-refractivity contribution in [1.29, 1.82) is 0 Å². The van der Waals surface area contributed by atoms with Gasteiger partial charge in [0.1, 0.15) is 10.6 Å². The summed E-state index contributed by atoms with van der Waals surface area (Å²) in [5, 5.41) is 9.56. The van der Waals surface area contributed by atoms with Crippen LogP contribution in [0.25, 0.3) is 10.8 Å². The molecule has 146 valence electrons. The summed E-state index contributed by atoms with van der Waals surface area (Å²) in [6, 6.07) is 3.72. The molecule has 1 aliphatic rings. The summed E-state index contributed by atoms with van der Waals surface area (Å²) in [6.45, 7) is 5.44. The van der Waals surface area contributed by atoms with E-state index < -0.39 is 5.97 Å². The van der Waals surface area contributed by atoms with Crippen molar-refractivity contribution in [2.24, 2.45) is 0 Å². The molecular weight excluding hydrogens is 370 g/mol. The second-order valence-electron chi connectivity index (χ2n) is 6.68. The number of aliphatic carboxylic acids is 1. The lowest BCUT2D eigenvalue weighted by atomic mass is 10.2. The predicted molar refractivity (Wildman–Crippen MR) is 100 cm³/mol. The number of hydrogen-bond acceptors (Lipinski definition) is 7.